The molecule has 0 spiro atoms. The zero-order valence-electron chi connectivity index (χ0n) is 10.8. The zero-order valence-corrected chi connectivity index (χ0v) is 11.6. The van der Waals surface area contributed by atoms with Crippen molar-refractivity contribution in [3.63, 3.8) is 0 Å². The first-order valence-corrected chi connectivity index (χ1v) is 7.38. The van der Waals surface area contributed by atoms with Crippen molar-refractivity contribution in [3.8, 4) is 0 Å². The van der Waals surface area contributed by atoms with Crippen LogP contribution >= 0.6 is 11.3 Å². The van der Waals surface area contributed by atoms with Crippen LogP contribution < -0.4 is 4.90 Å². The molecule has 18 heavy (non-hydrogen) atoms. The van der Waals surface area contributed by atoms with Crippen LogP contribution in [0.4, 0.5) is 5.13 Å². The van der Waals surface area contributed by atoms with Gasteiger partial charge in [0.15, 0.2) is 10.9 Å². The van der Waals surface area contributed by atoms with Crippen LogP contribution in [-0.4, -0.2) is 36.1 Å². The van der Waals surface area contributed by atoms with E-state index < -0.39 is 0 Å². The van der Waals surface area contributed by atoms with Gasteiger partial charge in [-0.1, -0.05) is 0 Å². The number of carbonyl (C=O) groups excluding carboxylic acids is 1. The lowest BCUT2D eigenvalue weighted by Crippen LogP contribution is -2.45. The van der Waals surface area contributed by atoms with E-state index in [1.165, 1.54) is 4.88 Å². The lowest BCUT2D eigenvalue weighted by atomic mass is 10.0. The first kappa shape index (κ1) is 12.1. The van der Waals surface area contributed by atoms with Crippen molar-refractivity contribution < 1.29 is 9.53 Å². The number of hydrogen-bond donors (Lipinski definition) is 0. The number of hydrogen-bond acceptors (Lipinski definition) is 5. The molecule has 0 N–H and O–H groups in total. The minimum Gasteiger partial charge on any atom is -0.372 e. The number of ether oxygens (including phenoxy) is 1. The Hall–Kier alpha value is -0.940. The molecule has 0 bridgehead atoms. The predicted molar refractivity (Wildman–Crippen MR) is 71.6 cm³/mol. The predicted octanol–water partition coefficient (Wildman–Crippen LogP) is 2.28. The van der Waals surface area contributed by atoms with E-state index in [-0.39, 0.29) is 18.0 Å². The molecule has 5 heteroatoms. The molecule has 3 rings (SSSR count). The molecule has 1 aromatic rings. The van der Waals surface area contributed by atoms with Gasteiger partial charge in [0.1, 0.15) is 5.69 Å². The number of thiazole rings is 1. The summed E-state index contributed by atoms with van der Waals surface area (Å²) >= 11 is 1.69. The third-order valence-electron chi connectivity index (χ3n) is 3.45. The van der Waals surface area contributed by atoms with Gasteiger partial charge in [-0.05, 0) is 26.7 Å². The van der Waals surface area contributed by atoms with E-state index in [1.54, 1.807) is 11.3 Å². The zero-order chi connectivity index (χ0) is 12.7. The third-order valence-corrected chi connectivity index (χ3v) is 4.62. The fourth-order valence-electron chi connectivity index (χ4n) is 2.72. The molecule has 1 aliphatic heterocycles. The summed E-state index contributed by atoms with van der Waals surface area (Å²) in [4.78, 5) is 19.8. The molecule has 2 heterocycles. The summed E-state index contributed by atoms with van der Waals surface area (Å²) in [7, 11) is 0. The Morgan fingerprint density at radius 3 is 2.67 bits per heavy atom. The van der Waals surface area contributed by atoms with Crippen LogP contribution in [0.25, 0.3) is 0 Å². The summed E-state index contributed by atoms with van der Waals surface area (Å²) in [6, 6.07) is 0. The fraction of sp³-hybridized carbons (Fsp3) is 0.692. The van der Waals surface area contributed by atoms with Gasteiger partial charge in [-0.2, -0.15) is 0 Å². The van der Waals surface area contributed by atoms with Gasteiger partial charge in [0.2, 0.25) is 0 Å². The first-order valence-electron chi connectivity index (χ1n) is 6.57. The number of morpholine rings is 1. The minimum atomic E-state index is 0.216. The summed E-state index contributed by atoms with van der Waals surface area (Å²) in [5.41, 5.74) is 0.730. The number of ketones is 1. The number of Topliss-reactive ketones (excluding diaryl/α,β-unsaturated/α-hetero) is 1. The molecule has 0 radical (unpaired) electrons. The number of aryl methyl sites for hydroxylation is 1. The molecule has 0 saturated carbocycles. The monoisotopic (exact) mass is 266 g/mol. The molecule has 0 aromatic carbocycles. The van der Waals surface area contributed by atoms with E-state index in [2.05, 4.69) is 23.7 Å². The maximum atomic E-state index is 11.8. The summed E-state index contributed by atoms with van der Waals surface area (Å²) < 4.78 is 5.73. The van der Waals surface area contributed by atoms with Gasteiger partial charge in [0.25, 0.3) is 0 Å². The normalized spacial score (nSPS) is 28.3. The Morgan fingerprint density at radius 1 is 1.28 bits per heavy atom. The maximum Gasteiger partial charge on any atom is 0.186 e. The highest BCUT2D eigenvalue weighted by Gasteiger charge is 2.28. The second-order valence-electron chi connectivity index (χ2n) is 5.21. The highest BCUT2D eigenvalue weighted by molar-refractivity contribution is 7.16. The average Bonchev–Trinajstić information content (AvgIpc) is 2.73. The molecule has 1 aliphatic carbocycles. The Labute approximate surface area is 111 Å². The molecule has 98 valence electrons. The lowest BCUT2D eigenvalue weighted by molar-refractivity contribution is -0.00522. The number of rotatable bonds is 1. The van der Waals surface area contributed by atoms with Crippen LogP contribution in [0, 0.1) is 0 Å². The van der Waals surface area contributed by atoms with Crippen LogP contribution in [-0.2, 0) is 11.2 Å². The second kappa shape index (κ2) is 4.63. The number of anilines is 1. The Balaban J connectivity index is 1.86. The number of nitrogens with zero attached hydrogens (tertiary/aromatic N) is 2. The van der Waals surface area contributed by atoms with Crippen LogP contribution in [0.3, 0.4) is 0 Å². The lowest BCUT2D eigenvalue weighted by Gasteiger charge is -2.35. The molecule has 2 atom stereocenters. The number of fused-ring (bicyclic) bond motifs is 1. The largest absolute Gasteiger partial charge is 0.372 e. The van der Waals surface area contributed by atoms with Gasteiger partial charge in [0, 0.05) is 24.4 Å². The Kier molecular flexibility index (Phi) is 3.11. The van der Waals surface area contributed by atoms with E-state index in [0.717, 1.165) is 36.8 Å². The molecule has 2 aliphatic rings. The van der Waals surface area contributed by atoms with Crippen molar-refractivity contribution in [2.24, 2.45) is 0 Å². The topological polar surface area (TPSA) is 42.4 Å². The molecule has 1 saturated heterocycles. The van der Waals surface area contributed by atoms with Crippen LogP contribution in [0.5, 0.6) is 0 Å². The Morgan fingerprint density at radius 2 is 2.00 bits per heavy atom. The second-order valence-corrected chi connectivity index (χ2v) is 6.27. The summed E-state index contributed by atoms with van der Waals surface area (Å²) in [6.45, 7) is 5.90. The van der Waals surface area contributed by atoms with Gasteiger partial charge in [-0.15, -0.1) is 11.3 Å². The number of aromatic nitrogens is 1. The van der Waals surface area contributed by atoms with Crippen molar-refractivity contribution in [2.45, 2.75) is 45.3 Å². The number of carbonyl (C=O) groups is 1. The van der Waals surface area contributed by atoms with Crippen molar-refractivity contribution in [2.75, 3.05) is 18.0 Å². The average molecular weight is 266 g/mol. The highest BCUT2D eigenvalue weighted by Crippen LogP contribution is 2.32. The fourth-order valence-corrected chi connectivity index (χ4v) is 3.86. The standard InChI is InChI=1S/C13H18N2O2S/c1-8-6-15(7-9(2)17-8)13-14-12-10(16)4-3-5-11(12)18-13/h8-9H,3-7H2,1-2H3. The van der Waals surface area contributed by atoms with Crippen molar-refractivity contribution in [1.82, 2.24) is 4.98 Å². The van der Waals surface area contributed by atoms with E-state index in [4.69, 9.17) is 4.74 Å². The molecular formula is C13H18N2O2S. The summed E-state index contributed by atoms with van der Waals surface area (Å²) in [5.74, 6) is 0.216. The van der Waals surface area contributed by atoms with Gasteiger partial charge in [0.05, 0.1) is 12.2 Å². The molecule has 2 unspecified atom stereocenters. The van der Waals surface area contributed by atoms with E-state index >= 15 is 0 Å². The highest BCUT2D eigenvalue weighted by atomic mass is 32.1. The quantitative estimate of drug-likeness (QED) is 0.782. The van der Waals surface area contributed by atoms with E-state index in [1.807, 2.05) is 0 Å². The van der Waals surface area contributed by atoms with Crippen LogP contribution in [0.1, 0.15) is 42.1 Å². The molecule has 1 aromatic heterocycles. The van der Waals surface area contributed by atoms with Gasteiger partial charge >= 0.3 is 0 Å². The molecular weight excluding hydrogens is 248 g/mol. The van der Waals surface area contributed by atoms with Crippen molar-refractivity contribution >= 4 is 22.3 Å². The van der Waals surface area contributed by atoms with Gasteiger partial charge in [-0.25, -0.2) is 4.98 Å². The van der Waals surface area contributed by atoms with Crippen molar-refractivity contribution in [1.29, 1.82) is 0 Å². The SMILES string of the molecule is CC1CN(c2nc3c(s2)CCCC3=O)CC(C)O1. The van der Waals surface area contributed by atoms with Gasteiger partial charge in [-0.3, -0.25) is 4.79 Å². The van der Waals surface area contributed by atoms with Gasteiger partial charge < -0.3 is 9.64 Å². The van der Waals surface area contributed by atoms with E-state index in [9.17, 15) is 4.79 Å². The molecule has 4 nitrogen and oxygen atoms in total. The first-order chi connectivity index (χ1) is 8.63. The van der Waals surface area contributed by atoms with E-state index in [0.29, 0.717) is 6.42 Å². The van der Waals surface area contributed by atoms with Crippen molar-refractivity contribution in [3.05, 3.63) is 10.6 Å². The Bertz CT molecular complexity index is 462. The smallest absolute Gasteiger partial charge is 0.186 e. The minimum absolute atomic E-state index is 0.216. The third kappa shape index (κ3) is 2.17. The van der Waals surface area contributed by atoms with Crippen LogP contribution in [0.15, 0.2) is 0 Å². The summed E-state index contributed by atoms with van der Waals surface area (Å²) in [5, 5.41) is 0.997. The maximum absolute atomic E-state index is 11.8. The molecule has 1 fully saturated rings. The summed E-state index contributed by atoms with van der Waals surface area (Å²) in [6.07, 6.45) is 3.10. The molecule has 0 amide bonds. The van der Waals surface area contributed by atoms with Crippen LogP contribution in [0.2, 0.25) is 0 Å².